The van der Waals surface area contributed by atoms with Crippen molar-refractivity contribution in [3.8, 4) is 0 Å². The Labute approximate surface area is 160 Å². The number of carbonyl (C=O) groups is 3. The molecular weight excluding hydrogens is 344 g/mol. The van der Waals surface area contributed by atoms with E-state index >= 15 is 0 Å². The lowest BCUT2D eigenvalue weighted by molar-refractivity contribution is -0.132. The number of nitrogens with one attached hydrogen (secondary N) is 2. The van der Waals surface area contributed by atoms with Gasteiger partial charge in [-0.2, -0.15) is 0 Å². The minimum atomic E-state index is -1.00. The Morgan fingerprint density at radius 3 is 2.63 bits per heavy atom. The van der Waals surface area contributed by atoms with Gasteiger partial charge in [0.1, 0.15) is 5.54 Å². The van der Waals surface area contributed by atoms with Crippen LogP contribution in [0, 0.1) is 13.8 Å². The number of piperazine rings is 1. The quantitative estimate of drug-likeness (QED) is 0.789. The number of benzene rings is 1. The van der Waals surface area contributed by atoms with Crippen molar-refractivity contribution in [1.29, 1.82) is 0 Å². The molecule has 2 fully saturated rings. The van der Waals surface area contributed by atoms with E-state index in [0.29, 0.717) is 19.5 Å². The van der Waals surface area contributed by atoms with E-state index in [1.807, 2.05) is 4.90 Å². The summed E-state index contributed by atoms with van der Waals surface area (Å²) in [6.45, 7) is 10.1. The minimum absolute atomic E-state index is 0.0256. The second-order valence-electron chi connectivity index (χ2n) is 7.91. The summed E-state index contributed by atoms with van der Waals surface area (Å²) in [5, 5.41) is 4.84. The Balaban J connectivity index is 1.59. The van der Waals surface area contributed by atoms with Gasteiger partial charge in [0.05, 0.1) is 0 Å². The molecule has 7 nitrogen and oxygen atoms in total. The molecule has 146 valence electrons. The molecule has 0 saturated carbocycles. The first-order chi connectivity index (χ1) is 12.7. The molecule has 1 aromatic carbocycles. The number of nitrogens with zero attached hydrogens (tertiary/aromatic N) is 2. The van der Waals surface area contributed by atoms with Crippen molar-refractivity contribution in [3.63, 3.8) is 0 Å². The van der Waals surface area contributed by atoms with Crippen LogP contribution in [0.3, 0.4) is 0 Å². The number of hydrogen-bond acceptors (Lipinski definition) is 4. The van der Waals surface area contributed by atoms with E-state index < -0.39 is 11.6 Å². The summed E-state index contributed by atoms with van der Waals surface area (Å²) in [5.74, 6) is -0.342. The Kier molecular flexibility index (Phi) is 5.13. The largest absolute Gasteiger partial charge is 0.365 e. The van der Waals surface area contributed by atoms with Crippen molar-refractivity contribution in [3.05, 3.63) is 29.3 Å². The third-order valence-electron chi connectivity index (χ3n) is 5.61. The zero-order valence-electron chi connectivity index (χ0n) is 16.5. The molecule has 27 heavy (non-hydrogen) atoms. The summed E-state index contributed by atoms with van der Waals surface area (Å²) >= 11 is 0. The van der Waals surface area contributed by atoms with Gasteiger partial charge in [0.2, 0.25) is 5.91 Å². The molecule has 7 heteroatoms. The summed E-state index contributed by atoms with van der Waals surface area (Å²) in [7, 11) is 0. The van der Waals surface area contributed by atoms with Crippen LogP contribution in [-0.2, 0) is 9.59 Å². The molecule has 2 saturated heterocycles. The molecule has 2 aliphatic heterocycles. The Hall–Kier alpha value is -2.57. The van der Waals surface area contributed by atoms with Gasteiger partial charge in [0.15, 0.2) is 0 Å². The third-order valence-corrected chi connectivity index (χ3v) is 5.61. The van der Waals surface area contributed by atoms with Crippen LogP contribution in [0.1, 0.15) is 37.8 Å². The lowest BCUT2D eigenvalue weighted by Crippen LogP contribution is -2.54. The second-order valence-corrected chi connectivity index (χ2v) is 7.91. The smallest absolute Gasteiger partial charge is 0.322 e. The number of anilines is 1. The number of amides is 4. The second kappa shape index (κ2) is 7.21. The van der Waals surface area contributed by atoms with Crippen LogP contribution in [0.2, 0.25) is 0 Å². The summed E-state index contributed by atoms with van der Waals surface area (Å²) < 4.78 is 0. The fraction of sp³-hybridized carbons (Fsp3) is 0.550. The molecule has 2 aliphatic rings. The van der Waals surface area contributed by atoms with E-state index in [4.69, 9.17) is 0 Å². The minimum Gasteiger partial charge on any atom is -0.365 e. The number of imide groups is 1. The monoisotopic (exact) mass is 372 g/mol. The van der Waals surface area contributed by atoms with Gasteiger partial charge >= 0.3 is 6.03 Å². The topological polar surface area (TPSA) is 81.8 Å². The van der Waals surface area contributed by atoms with E-state index in [2.05, 4.69) is 54.5 Å². The van der Waals surface area contributed by atoms with Gasteiger partial charge in [-0.15, -0.1) is 0 Å². The van der Waals surface area contributed by atoms with E-state index in [1.165, 1.54) is 16.8 Å². The Morgan fingerprint density at radius 2 is 2.00 bits per heavy atom. The maximum absolute atomic E-state index is 12.7. The number of hydrogen-bond donors (Lipinski definition) is 2. The van der Waals surface area contributed by atoms with Gasteiger partial charge in [-0.25, -0.2) is 4.79 Å². The van der Waals surface area contributed by atoms with Crippen molar-refractivity contribution in [1.82, 2.24) is 15.5 Å². The summed E-state index contributed by atoms with van der Waals surface area (Å²) in [6.07, 6.45) is 0.537. The molecule has 2 atom stereocenters. The highest BCUT2D eigenvalue weighted by Gasteiger charge is 2.42. The first-order valence-corrected chi connectivity index (χ1v) is 9.45. The molecule has 2 heterocycles. The lowest BCUT2D eigenvalue weighted by Gasteiger charge is -2.42. The fourth-order valence-corrected chi connectivity index (χ4v) is 3.84. The Bertz CT molecular complexity index is 778. The van der Waals surface area contributed by atoms with Crippen LogP contribution in [0.25, 0.3) is 0 Å². The molecule has 3 rings (SSSR count). The van der Waals surface area contributed by atoms with Gasteiger partial charge in [0.25, 0.3) is 5.91 Å². The molecule has 0 bridgehead atoms. The van der Waals surface area contributed by atoms with Crippen LogP contribution in [0.4, 0.5) is 10.5 Å². The average molecular weight is 372 g/mol. The van der Waals surface area contributed by atoms with Crippen molar-refractivity contribution in [2.45, 2.75) is 52.1 Å². The highest BCUT2D eigenvalue weighted by molar-refractivity contribution is 6.06. The van der Waals surface area contributed by atoms with E-state index in [1.54, 1.807) is 6.92 Å². The highest BCUT2D eigenvalue weighted by Crippen LogP contribution is 2.26. The molecular formula is C20H28N4O3. The highest BCUT2D eigenvalue weighted by atomic mass is 16.2. The fourth-order valence-electron chi connectivity index (χ4n) is 3.84. The lowest BCUT2D eigenvalue weighted by atomic mass is 9.95. The Morgan fingerprint density at radius 1 is 1.26 bits per heavy atom. The van der Waals surface area contributed by atoms with Crippen molar-refractivity contribution < 1.29 is 14.4 Å². The van der Waals surface area contributed by atoms with Gasteiger partial charge < -0.3 is 15.1 Å². The average Bonchev–Trinajstić information content (AvgIpc) is 2.87. The van der Waals surface area contributed by atoms with Gasteiger partial charge in [-0.1, -0.05) is 12.1 Å². The number of carbonyl (C=O) groups excluding carboxylic acids is 3. The number of aryl methyl sites for hydroxylation is 2. The molecule has 0 radical (unpaired) electrons. The van der Waals surface area contributed by atoms with Crippen molar-refractivity contribution in [2.75, 3.05) is 24.5 Å². The number of rotatable bonds is 4. The molecule has 1 aromatic rings. The van der Waals surface area contributed by atoms with Crippen LogP contribution < -0.4 is 15.5 Å². The molecule has 4 amide bonds. The van der Waals surface area contributed by atoms with Crippen molar-refractivity contribution >= 4 is 23.5 Å². The summed E-state index contributed by atoms with van der Waals surface area (Å²) in [5.41, 5.74) is 2.70. The van der Waals surface area contributed by atoms with E-state index in [-0.39, 0.29) is 24.3 Å². The first-order valence-electron chi connectivity index (χ1n) is 9.45. The standard InChI is InChI=1S/C20H28N4O3/c1-13-5-6-14(2)16(11-13)24-10-9-23(12-15(24)3)17(25)7-8-20(4)18(26)21-19(27)22-20/h5-6,11,15H,7-10,12H2,1-4H3,(H2,21,22,26,27)/t15-,20+/m0/s1. The molecule has 2 N–H and O–H groups in total. The maximum Gasteiger partial charge on any atom is 0.322 e. The zero-order chi connectivity index (χ0) is 19.8. The summed E-state index contributed by atoms with van der Waals surface area (Å²) in [4.78, 5) is 40.1. The first kappa shape index (κ1) is 19.2. The normalized spacial score (nSPS) is 25.4. The predicted octanol–water partition coefficient (Wildman–Crippen LogP) is 1.72. The maximum atomic E-state index is 12.7. The van der Waals surface area contributed by atoms with Crippen molar-refractivity contribution in [2.24, 2.45) is 0 Å². The number of urea groups is 1. The molecule has 0 spiro atoms. The van der Waals surface area contributed by atoms with Gasteiger partial charge in [0, 0.05) is 37.8 Å². The van der Waals surface area contributed by atoms with Crippen LogP contribution in [0.15, 0.2) is 18.2 Å². The third kappa shape index (κ3) is 3.91. The molecule has 0 aliphatic carbocycles. The SMILES string of the molecule is Cc1ccc(C)c(N2CCN(C(=O)CC[C@@]3(C)NC(=O)NC3=O)C[C@@H]2C)c1. The molecule has 0 unspecified atom stereocenters. The van der Waals surface area contributed by atoms with E-state index in [9.17, 15) is 14.4 Å². The van der Waals surface area contributed by atoms with Gasteiger partial charge in [-0.3, -0.25) is 14.9 Å². The van der Waals surface area contributed by atoms with E-state index in [0.717, 1.165) is 6.54 Å². The molecule has 0 aromatic heterocycles. The zero-order valence-corrected chi connectivity index (χ0v) is 16.5. The van der Waals surface area contributed by atoms with Crippen LogP contribution >= 0.6 is 0 Å². The van der Waals surface area contributed by atoms with Crippen LogP contribution in [-0.4, -0.2) is 54.0 Å². The van der Waals surface area contributed by atoms with Crippen LogP contribution in [0.5, 0.6) is 0 Å². The van der Waals surface area contributed by atoms with Gasteiger partial charge in [-0.05, 0) is 51.3 Å². The predicted molar refractivity (Wildman–Crippen MR) is 104 cm³/mol. The summed E-state index contributed by atoms with van der Waals surface area (Å²) in [6, 6.07) is 6.17.